The van der Waals surface area contributed by atoms with Crippen LogP contribution in [0.2, 0.25) is 0 Å². The number of benzene rings is 2. The molecule has 0 radical (unpaired) electrons. The third-order valence-corrected chi connectivity index (χ3v) is 2.98. The SMILES string of the molecule is Cc1ccc(C)c(OCC(=O)NN=Cc2ccc(F)cc2)c1. The van der Waals surface area contributed by atoms with E-state index in [1.807, 2.05) is 32.0 Å². The van der Waals surface area contributed by atoms with Crippen molar-refractivity contribution in [2.45, 2.75) is 13.8 Å². The summed E-state index contributed by atoms with van der Waals surface area (Å²) in [6, 6.07) is 11.6. The number of nitrogens with zero attached hydrogens (tertiary/aromatic N) is 1. The molecular weight excluding hydrogens is 283 g/mol. The molecule has 0 aliphatic heterocycles. The van der Waals surface area contributed by atoms with Gasteiger partial charge in [0.05, 0.1) is 6.21 Å². The molecule has 5 heteroatoms. The third-order valence-electron chi connectivity index (χ3n) is 2.98. The minimum atomic E-state index is -0.362. The van der Waals surface area contributed by atoms with Crippen LogP contribution in [0.15, 0.2) is 47.6 Å². The van der Waals surface area contributed by atoms with E-state index < -0.39 is 0 Å². The maximum atomic E-state index is 12.7. The summed E-state index contributed by atoms with van der Waals surface area (Å²) in [6.45, 7) is 3.75. The number of aryl methyl sites for hydroxylation is 2. The first-order chi connectivity index (χ1) is 10.5. The number of hydrogen-bond acceptors (Lipinski definition) is 3. The molecule has 114 valence electrons. The average Bonchev–Trinajstić information content (AvgIpc) is 2.50. The molecular formula is C17H17FN2O2. The first-order valence-electron chi connectivity index (χ1n) is 6.82. The summed E-state index contributed by atoms with van der Waals surface area (Å²) in [4.78, 5) is 11.6. The molecule has 0 spiro atoms. The fourth-order valence-electron chi connectivity index (χ4n) is 1.77. The number of hydrogen-bond donors (Lipinski definition) is 1. The lowest BCUT2D eigenvalue weighted by atomic mass is 10.1. The number of carbonyl (C=O) groups excluding carboxylic acids is 1. The molecule has 0 bridgehead atoms. The van der Waals surface area contributed by atoms with E-state index >= 15 is 0 Å². The Morgan fingerprint density at radius 3 is 2.68 bits per heavy atom. The molecule has 0 aliphatic rings. The van der Waals surface area contributed by atoms with Crippen molar-refractivity contribution in [1.29, 1.82) is 0 Å². The number of carbonyl (C=O) groups is 1. The highest BCUT2D eigenvalue weighted by Crippen LogP contribution is 2.18. The molecule has 0 atom stereocenters. The van der Waals surface area contributed by atoms with E-state index in [-0.39, 0.29) is 18.3 Å². The summed E-state index contributed by atoms with van der Waals surface area (Å²) in [5, 5.41) is 3.80. The second-order valence-corrected chi connectivity index (χ2v) is 4.90. The summed E-state index contributed by atoms with van der Waals surface area (Å²) in [6.07, 6.45) is 1.44. The van der Waals surface area contributed by atoms with Gasteiger partial charge in [0.1, 0.15) is 11.6 Å². The Morgan fingerprint density at radius 2 is 1.95 bits per heavy atom. The normalized spacial score (nSPS) is 10.7. The van der Waals surface area contributed by atoms with E-state index in [1.165, 1.54) is 18.3 Å². The summed E-state index contributed by atoms with van der Waals surface area (Å²) in [7, 11) is 0. The van der Waals surface area contributed by atoms with Gasteiger partial charge >= 0.3 is 0 Å². The molecule has 0 fully saturated rings. The Bertz CT molecular complexity index is 682. The van der Waals surface area contributed by atoms with Crippen LogP contribution >= 0.6 is 0 Å². The lowest BCUT2D eigenvalue weighted by Crippen LogP contribution is -2.24. The minimum Gasteiger partial charge on any atom is -0.483 e. The zero-order valence-electron chi connectivity index (χ0n) is 12.5. The highest BCUT2D eigenvalue weighted by Gasteiger charge is 2.04. The van der Waals surface area contributed by atoms with E-state index in [2.05, 4.69) is 10.5 Å². The quantitative estimate of drug-likeness (QED) is 0.682. The molecule has 2 aromatic rings. The largest absolute Gasteiger partial charge is 0.483 e. The lowest BCUT2D eigenvalue weighted by Gasteiger charge is -2.08. The third kappa shape index (κ3) is 4.70. The van der Waals surface area contributed by atoms with E-state index in [1.54, 1.807) is 12.1 Å². The van der Waals surface area contributed by atoms with Crippen molar-refractivity contribution in [3.8, 4) is 5.75 Å². The van der Waals surface area contributed by atoms with E-state index in [4.69, 9.17) is 4.74 Å². The summed E-state index contributed by atoms with van der Waals surface area (Å²) < 4.78 is 18.2. The van der Waals surface area contributed by atoms with E-state index in [0.717, 1.165) is 11.1 Å². The van der Waals surface area contributed by atoms with Crippen LogP contribution < -0.4 is 10.2 Å². The van der Waals surface area contributed by atoms with Crippen molar-refractivity contribution in [3.05, 3.63) is 65.0 Å². The van der Waals surface area contributed by atoms with Crippen LogP contribution in [0.1, 0.15) is 16.7 Å². The molecule has 1 N–H and O–H groups in total. The van der Waals surface area contributed by atoms with Gasteiger partial charge in [0.2, 0.25) is 0 Å². The molecule has 0 heterocycles. The standard InChI is InChI=1S/C17H17FN2O2/c1-12-3-4-13(2)16(9-12)22-11-17(21)20-19-10-14-5-7-15(18)8-6-14/h3-10H,11H2,1-2H3,(H,20,21). The number of ether oxygens (including phenoxy) is 1. The molecule has 4 nitrogen and oxygen atoms in total. The van der Waals surface area contributed by atoms with Gasteiger partial charge in [-0.25, -0.2) is 9.82 Å². The van der Waals surface area contributed by atoms with E-state index in [9.17, 15) is 9.18 Å². The first-order valence-corrected chi connectivity index (χ1v) is 6.82. The molecule has 2 aromatic carbocycles. The highest BCUT2D eigenvalue weighted by atomic mass is 19.1. The second kappa shape index (κ2) is 7.36. The number of amides is 1. The van der Waals surface area contributed by atoms with Gasteiger partial charge in [-0.2, -0.15) is 5.10 Å². The highest BCUT2D eigenvalue weighted by molar-refractivity contribution is 5.82. The minimum absolute atomic E-state index is 0.120. The first kappa shape index (κ1) is 15.7. The molecule has 0 aromatic heterocycles. The van der Waals surface area contributed by atoms with Crippen LogP contribution in [0.4, 0.5) is 4.39 Å². The molecule has 1 amide bonds. The predicted molar refractivity (Wildman–Crippen MR) is 83.5 cm³/mol. The smallest absolute Gasteiger partial charge is 0.277 e. The van der Waals surface area contributed by atoms with Crippen molar-refractivity contribution in [2.75, 3.05) is 6.61 Å². The van der Waals surface area contributed by atoms with Crippen LogP contribution in [-0.4, -0.2) is 18.7 Å². The summed E-state index contributed by atoms with van der Waals surface area (Å²) >= 11 is 0. The van der Waals surface area contributed by atoms with Crippen LogP contribution in [-0.2, 0) is 4.79 Å². The average molecular weight is 300 g/mol. The zero-order valence-corrected chi connectivity index (χ0v) is 12.5. The Labute approximate surface area is 128 Å². The second-order valence-electron chi connectivity index (χ2n) is 4.90. The number of rotatable bonds is 5. The maximum absolute atomic E-state index is 12.7. The molecule has 0 saturated heterocycles. The fraction of sp³-hybridized carbons (Fsp3) is 0.176. The lowest BCUT2D eigenvalue weighted by molar-refractivity contribution is -0.123. The van der Waals surface area contributed by atoms with Crippen molar-refractivity contribution in [3.63, 3.8) is 0 Å². The number of halogens is 1. The number of hydrazone groups is 1. The van der Waals surface area contributed by atoms with Gasteiger partial charge in [0.25, 0.3) is 5.91 Å². The Hall–Kier alpha value is -2.69. The number of nitrogens with one attached hydrogen (secondary N) is 1. The Morgan fingerprint density at radius 1 is 1.23 bits per heavy atom. The van der Waals surface area contributed by atoms with Gasteiger partial charge in [-0.15, -0.1) is 0 Å². The Kier molecular flexibility index (Phi) is 5.25. The van der Waals surface area contributed by atoms with Gasteiger partial charge in [-0.05, 0) is 48.7 Å². The van der Waals surface area contributed by atoms with Crippen LogP contribution in [0, 0.1) is 19.7 Å². The predicted octanol–water partition coefficient (Wildman–Crippen LogP) is 2.97. The van der Waals surface area contributed by atoms with Gasteiger partial charge in [0.15, 0.2) is 6.61 Å². The topological polar surface area (TPSA) is 50.7 Å². The van der Waals surface area contributed by atoms with Crippen molar-refractivity contribution in [1.82, 2.24) is 5.43 Å². The van der Waals surface area contributed by atoms with Crippen molar-refractivity contribution < 1.29 is 13.9 Å². The van der Waals surface area contributed by atoms with Gasteiger partial charge in [-0.1, -0.05) is 24.3 Å². The molecule has 0 aliphatic carbocycles. The van der Waals surface area contributed by atoms with Crippen LogP contribution in [0.25, 0.3) is 0 Å². The summed E-state index contributed by atoms with van der Waals surface area (Å²) in [5.74, 6) is 0.0000388. The van der Waals surface area contributed by atoms with Crippen molar-refractivity contribution in [2.24, 2.45) is 5.10 Å². The monoisotopic (exact) mass is 300 g/mol. The van der Waals surface area contributed by atoms with Gasteiger partial charge in [-0.3, -0.25) is 4.79 Å². The molecule has 2 rings (SSSR count). The maximum Gasteiger partial charge on any atom is 0.277 e. The Balaban J connectivity index is 1.83. The van der Waals surface area contributed by atoms with Gasteiger partial charge in [0, 0.05) is 0 Å². The van der Waals surface area contributed by atoms with Crippen molar-refractivity contribution >= 4 is 12.1 Å². The fourth-order valence-corrected chi connectivity index (χ4v) is 1.77. The van der Waals surface area contributed by atoms with Crippen LogP contribution in [0.3, 0.4) is 0 Å². The van der Waals surface area contributed by atoms with Gasteiger partial charge < -0.3 is 4.74 Å². The molecule has 22 heavy (non-hydrogen) atoms. The zero-order chi connectivity index (χ0) is 15.9. The van der Waals surface area contributed by atoms with Crippen LogP contribution in [0.5, 0.6) is 5.75 Å². The molecule has 0 unspecified atom stereocenters. The summed E-state index contributed by atoms with van der Waals surface area (Å²) in [5.41, 5.74) is 5.08. The van der Waals surface area contributed by atoms with E-state index in [0.29, 0.717) is 11.3 Å². The molecule has 0 saturated carbocycles.